The summed E-state index contributed by atoms with van der Waals surface area (Å²) in [6.07, 6.45) is 15.8. The number of ether oxygens (including phenoxy) is 4. The molecule has 0 saturated heterocycles. The quantitative estimate of drug-likeness (QED) is 0.0390. The summed E-state index contributed by atoms with van der Waals surface area (Å²) in [6.45, 7) is 1.83. The number of likely N-dealkylation sites (N-methyl/N-ethyl adjacent to an activating group) is 1. The summed E-state index contributed by atoms with van der Waals surface area (Å²) in [5, 5.41) is 55.1. The van der Waals surface area contributed by atoms with E-state index in [1.165, 1.54) is 39.0 Å². The molecule has 0 saturated carbocycles. The molecule has 0 unspecified atom stereocenters. The standard InChI is InChI=1S/C53H93N7O19.4H2/c1-39(61)40(54-2)19-17-18-28-55-44(62)25-22-42(52(72)73)59-47(65)27-24-43(53(74)75)60-49(67)38-79-36-34-77-32-30-57-48(66)37-78-35-33-76-31-29-56-45(63)26-23-41(51(70)71)58-46(64)20-15-13-11-9-7-5-3-4-6-8-10-12-14-16-21-50(68)69;;;;/h40-43,54H,3-38H2,1-2H3,(H,55,62)(H,56,63)(H,57,66)(H,58,64)(H,59,65)(H,60,67)(H,68,69)(H,70,71)(H,72,73)(H,74,75);4*1H/t40-,41-,42-,43-;;;;/m0..../s1. The molecule has 79 heavy (non-hydrogen) atoms. The molecule has 0 aliphatic carbocycles. The van der Waals surface area contributed by atoms with Crippen LogP contribution in [0.2, 0.25) is 0 Å². The first kappa shape index (κ1) is 73.2. The lowest BCUT2D eigenvalue weighted by atomic mass is 10.0. The molecule has 26 heteroatoms. The lowest BCUT2D eigenvalue weighted by Crippen LogP contribution is -2.45. The van der Waals surface area contributed by atoms with Gasteiger partial charge in [-0.25, -0.2) is 14.4 Å². The number of unbranched alkanes of at least 4 members (excludes halogenated alkanes) is 14. The number of nitrogens with one attached hydrogen (secondary N) is 7. The van der Waals surface area contributed by atoms with Crippen LogP contribution in [0.1, 0.15) is 173 Å². The van der Waals surface area contributed by atoms with Gasteiger partial charge in [-0.1, -0.05) is 77.0 Å². The molecule has 0 aromatic heterocycles. The van der Waals surface area contributed by atoms with Crippen molar-refractivity contribution in [3.8, 4) is 0 Å². The van der Waals surface area contributed by atoms with Gasteiger partial charge in [-0.15, -0.1) is 0 Å². The highest BCUT2D eigenvalue weighted by molar-refractivity contribution is 5.87. The zero-order valence-corrected chi connectivity index (χ0v) is 46.7. The number of rotatable bonds is 55. The third-order valence-corrected chi connectivity index (χ3v) is 12.4. The summed E-state index contributed by atoms with van der Waals surface area (Å²) in [7, 11) is 1.69. The van der Waals surface area contributed by atoms with Crippen LogP contribution in [0.25, 0.3) is 0 Å². The minimum absolute atomic E-state index is 0. The molecule has 462 valence electrons. The Morgan fingerprint density at radius 1 is 0.354 bits per heavy atom. The molecule has 6 amide bonds. The number of hydrogen-bond acceptors (Lipinski definition) is 16. The number of ketones is 1. The largest absolute Gasteiger partial charge is 0.481 e. The van der Waals surface area contributed by atoms with Gasteiger partial charge in [-0.2, -0.15) is 0 Å². The number of carbonyl (C=O) groups excluding carboxylic acids is 7. The number of carboxylic acid groups (broad SMARTS) is 4. The molecule has 0 heterocycles. The molecule has 0 spiro atoms. The smallest absolute Gasteiger partial charge is 0.326 e. The van der Waals surface area contributed by atoms with Crippen LogP contribution in [0, 0.1) is 0 Å². The monoisotopic (exact) mass is 1140 g/mol. The zero-order chi connectivity index (χ0) is 58.9. The van der Waals surface area contributed by atoms with Gasteiger partial charge in [-0.05, 0) is 65.3 Å². The molecule has 0 fully saturated rings. The highest BCUT2D eigenvalue weighted by Gasteiger charge is 2.25. The molecule has 0 aliphatic rings. The lowest BCUT2D eigenvalue weighted by Gasteiger charge is -2.17. The third kappa shape index (κ3) is 45.7. The van der Waals surface area contributed by atoms with Crippen LogP contribution in [-0.2, 0) is 71.7 Å². The topological polar surface area (TPSA) is 390 Å². The first-order chi connectivity index (χ1) is 37.9. The fraction of sp³-hybridized carbons (Fsp3) is 0.792. The first-order valence-electron chi connectivity index (χ1n) is 27.9. The second-order valence-corrected chi connectivity index (χ2v) is 19.2. The molecule has 0 rings (SSSR count). The van der Waals surface area contributed by atoms with E-state index in [0.29, 0.717) is 32.2 Å². The van der Waals surface area contributed by atoms with Crippen molar-refractivity contribution in [2.75, 3.05) is 79.5 Å². The van der Waals surface area contributed by atoms with Crippen molar-refractivity contribution in [1.82, 2.24) is 37.2 Å². The Kier molecular flexibility index (Phi) is 45.6. The predicted molar refractivity (Wildman–Crippen MR) is 296 cm³/mol. The number of carboxylic acids is 4. The van der Waals surface area contributed by atoms with Crippen molar-refractivity contribution in [1.29, 1.82) is 0 Å². The van der Waals surface area contributed by atoms with Crippen LogP contribution < -0.4 is 37.2 Å². The van der Waals surface area contributed by atoms with Gasteiger partial charge in [0, 0.05) is 57.4 Å². The summed E-state index contributed by atoms with van der Waals surface area (Å²) in [6, 6.07) is -4.32. The molecular weight excluding hydrogens is 1040 g/mol. The van der Waals surface area contributed by atoms with Gasteiger partial charge < -0.3 is 76.6 Å². The van der Waals surface area contributed by atoms with Crippen LogP contribution in [0.5, 0.6) is 0 Å². The number of aliphatic carboxylic acids is 4. The Morgan fingerprint density at radius 2 is 0.709 bits per heavy atom. The lowest BCUT2D eigenvalue weighted by molar-refractivity contribution is -0.144. The molecule has 4 atom stereocenters. The van der Waals surface area contributed by atoms with E-state index in [1.807, 2.05) is 0 Å². The van der Waals surface area contributed by atoms with E-state index in [9.17, 15) is 68.1 Å². The first-order valence-corrected chi connectivity index (χ1v) is 27.9. The Balaban J connectivity index is -0.00000507. The van der Waals surface area contributed by atoms with Crippen molar-refractivity contribution in [3.63, 3.8) is 0 Å². The summed E-state index contributed by atoms with van der Waals surface area (Å²) >= 11 is 0. The van der Waals surface area contributed by atoms with Crippen LogP contribution in [0.3, 0.4) is 0 Å². The maximum absolute atomic E-state index is 12.5. The average molecular weight is 1140 g/mol. The van der Waals surface area contributed by atoms with E-state index in [2.05, 4.69) is 37.2 Å². The van der Waals surface area contributed by atoms with Gasteiger partial charge in [0.05, 0.1) is 45.7 Å². The fourth-order valence-corrected chi connectivity index (χ4v) is 7.83. The molecule has 0 bridgehead atoms. The van der Waals surface area contributed by atoms with Crippen LogP contribution in [0.4, 0.5) is 0 Å². The maximum Gasteiger partial charge on any atom is 0.326 e. The van der Waals surface area contributed by atoms with Gasteiger partial charge in [0.25, 0.3) is 0 Å². The molecule has 0 aromatic rings. The Labute approximate surface area is 470 Å². The van der Waals surface area contributed by atoms with Crippen molar-refractivity contribution in [3.05, 3.63) is 0 Å². The van der Waals surface area contributed by atoms with Gasteiger partial charge in [0.2, 0.25) is 35.4 Å². The summed E-state index contributed by atoms with van der Waals surface area (Å²) < 4.78 is 21.2. The number of amides is 6. The second kappa shape index (κ2) is 49.2. The maximum atomic E-state index is 12.5. The fourth-order valence-electron chi connectivity index (χ4n) is 7.83. The SMILES string of the molecule is CN[C@@H](CCCCNC(=O)CC[C@H](NC(=O)CC[C@H](NC(=O)COCCOCCNC(=O)COCCOCCNC(=O)CC[C@H](NC(=O)CCCCCCCCCCCCCCCCC(=O)O)C(=O)O)C(=O)O)C(=O)O)C(C)=O.[HH].[HH].[HH].[HH]. The van der Waals surface area contributed by atoms with Crippen molar-refractivity contribution in [2.45, 2.75) is 192 Å². The Morgan fingerprint density at radius 3 is 1.13 bits per heavy atom. The second-order valence-electron chi connectivity index (χ2n) is 19.2. The predicted octanol–water partition coefficient (Wildman–Crippen LogP) is 3.11. The molecule has 0 aromatic carbocycles. The Bertz CT molecular complexity index is 1810. The molecule has 11 N–H and O–H groups in total. The average Bonchev–Trinajstić information content (AvgIpc) is 3.39. The highest BCUT2D eigenvalue weighted by atomic mass is 16.5. The van der Waals surface area contributed by atoms with E-state index in [1.54, 1.807) is 7.05 Å². The third-order valence-electron chi connectivity index (χ3n) is 12.4. The number of hydrogen-bond donors (Lipinski definition) is 11. The van der Waals surface area contributed by atoms with Crippen molar-refractivity contribution >= 4 is 65.1 Å². The summed E-state index contributed by atoms with van der Waals surface area (Å²) in [4.78, 5) is 131. The minimum atomic E-state index is -1.48. The van der Waals surface area contributed by atoms with E-state index in [0.717, 1.165) is 51.4 Å². The number of carbonyl (C=O) groups is 11. The molecule has 0 radical (unpaired) electrons. The Hall–Kier alpha value is -5.83. The van der Waals surface area contributed by atoms with Gasteiger partial charge in [0.1, 0.15) is 37.1 Å². The minimum Gasteiger partial charge on any atom is -0.481 e. The molecule has 0 aliphatic heterocycles. The van der Waals surface area contributed by atoms with Crippen molar-refractivity contribution < 1.29 is 97.8 Å². The highest BCUT2D eigenvalue weighted by Crippen LogP contribution is 2.14. The number of Topliss-reactive ketones (excluding diaryl/α,β-unsaturated/α-hetero) is 1. The van der Waals surface area contributed by atoms with Crippen molar-refractivity contribution in [2.24, 2.45) is 0 Å². The van der Waals surface area contributed by atoms with E-state index < -0.39 is 84.6 Å². The molecular formula is C53H101N7O19. The van der Waals surface area contributed by atoms with Gasteiger partial charge in [-0.3, -0.25) is 38.4 Å². The van der Waals surface area contributed by atoms with E-state index >= 15 is 0 Å². The van der Waals surface area contributed by atoms with Crippen LogP contribution in [0.15, 0.2) is 0 Å². The van der Waals surface area contributed by atoms with Crippen LogP contribution >= 0.6 is 0 Å². The summed E-state index contributed by atoms with van der Waals surface area (Å²) in [5.41, 5.74) is 0. The van der Waals surface area contributed by atoms with Gasteiger partial charge in [0.15, 0.2) is 0 Å². The zero-order valence-electron chi connectivity index (χ0n) is 46.7. The normalized spacial score (nSPS) is 12.5. The van der Waals surface area contributed by atoms with Crippen LogP contribution in [-0.4, -0.2) is 189 Å². The van der Waals surface area contributed by atoms with Gasteiger partial charge >= 0.3 is 23.9 Å². The van der Waals surface area contributed by atoms with E-state index in [4.69, 9.17) is 24.1 Å². The summed E-state index contributed by atoms with van der Waals surface area (Å²) in [5.74, 6) is -7.88. The van der Waals surface area contributed by atoms with E-state index in [-0.39, 0.29) is 128 Å². The molecule has 26 nitrogen and oxygen atoms in total.